The number of aromatic amines is 2. The van der Waals surface area contributed by atoms with Gasteiger partial charge in [-0.3, -0.25) is 9.89 Å². The SMILES string of the molecule is O=C(N[C@H]1CCCN(c2cc(-c3ccccc3)[nH]n2)C1)c1ccc2[nH]ccc2c1. The molecule has 3 N–H and O–H groups in total. The average molecular weight is 385 g/mol. The minimum absolute atomic E-state index is 0.0213. The summed E-state index contributed by atoms with van der Waals surface area (Å²) in [4.78, 5) is 18.1. The number of benzene rings is 2. The average Bonchev–Trinajstić information content (AvgIpc) is 3.44. The van der Waals surface area contributed by atoms with Crippen molar-refractivity contribution in [3.63, 3.8) is 0 Å². The highest BCUT2D eigenvalue weighted by atomic mass is 16.1. The van der Waals surface area contributed by atoms with Gasteiger partial charge in [0.25, 0.3) is 5.91 Å². The molecule has 1 fully saturated rings. The summed E-state index contributed by atoms with van der Waals surface area (Å²) >= 11 is 0. The Bertz CT molecular complexity index is 1130. The van der Waals surface area contributed by atoms with Gasteiger partial charge in [-0.1, -0.05) is 30.3 Å². The Labute approximate surface area is 168 Å². The van der Waals surface area contributed by atoms with Gasteiger partial charge in [0.2, 0.25) is 0 Å². The topological polar surface area (TPSA) is 76.8 Å². The first kappa shape index (κ1) is 17.6. The largest absolute Gasteiger partial charge is 0.361 e. The van der Waals surface area contributed by atoms with Crippen molar-refractivity contribution in [3.05, 3.63) is 72.4 Å². The summed E-state index contributed by atoms with van der Waals surface area (Å²) in [6.07, 6.45) is 3.89. The lowest BCUT2D eigenvalue weighted by molar-refractivity contribution is 0.0933. The van der Waals surface area contributed by atoms with Gasteiger partial charge in [-0.2, -0.15) is 5.10 Å². The van der Waals surface area contributed by atoms with Crippen molar-refractivity contribution in [2.75, 3.05) is 18.0 Å². The Morgan fingerprint density at radius 2 is 2.00 bits per heavy atom. The van der Waals surface area contributed by atoms with Gasteiger partial charge in [0.1, 0.15) is 0 Å². The predicted molar refractivity (Wildman–Crippen MR) is 115 cm³/mol. The molecule has 0 spiro atoms. The molecular weight excluding hydrogens is 362 g/mol. The highest BCUT2D eigenvalue weighted by Gasteiger charge is 2.23. The number of piperidine rings is 1. The maximum Gasteiger partial charge on any atom is 0.251 e. The predicted octanol–water partition coefficient (Wildman–Crippen LogP) is 3.96. The second-order valence-electron chi connectivity index (χ2n) is 7.54. The summed E-state index contributed by atoms with van der Waals surface area (Å²) in [5, 5.41) is 11.9. The van der Waals surface area contributed by atoms with Crippen LogP contribution in [0.4, 0.5) is 5.82 Å². The molecule has 146 valence electrons. The third-order valence-corrected chi connectivity index (χ3v) is 5.55. The highest BCUT2D eigenvalue weighted by Crippen LogP contribution is 2.24. The molecule has 4 aromatic rings. The van der Waals surface area contributed by atoms with Crippen LogP contribution in [-0.2, 0) is 0 Å². The second kappa shape index (κ2) is 7.47. The summed E-state index contributed by atoms with van der Waals surface area (Å²) in [5.74, 6) is 0.906. The summed E-state index contributed by atoms with van der Waals surface area (Å²) in [6.45, 7) is 1.71. The van der Waals surface area contributed by atoms with Crippen LogP contribution in [0.1, 0.15) is 23.2 Å². The maximum absolute atomic E-state index is 12.7. The van der Waals surface area contributed by atoms with E-state index in [0.717, 1.165) is 53.9 Å². The molecule has 0 saturated carbocycles. The van der Waals surface area contributed by atoms with Crippen molar-refractivity contribution >= 4 is 22.6 Å². The Kier molecular flexibility index (Phi) is 4.52. The van der Waals surface area contributed by atoms with Crippen LogP contribution < -0.4 is 10.2 Å². The lowest BCUT2D eigenvalue weighted by Crippen LogP contribution is -2.48. The van der Waals surface area contributed by atoms with Crippen LogP contribution in [0.15, 0.2) is 66.9 Å². The monoisotopic (exact) mass is 385 g/mol. The Hall–Kier alpha value is -3.54. The van der Waals surface area contributed by atoms with E-state index in [9.17, 15) is 4.79 Å². The number of amides is 1. The first-order valence-corrected chi connectivity index (χ1v) is 10.00. The number of rotatable bonds is 4. The zero-order valence-electron chi connectivity index (χ0n) is 16.1. The quantitative estimate of drug-likeness (QED) is 0.498. The molecule has 5 rings (SSSR count). The first-order chi connectivity index (χ1) is 14.3. The molecule has 1 aliphatic rings. The van der Waals surface area contributed by atoms with Crippen LogP contribution >= 0.6 is 0 Å². The number of aromatic nitrogens is 3. The second-order valence-corrected chi connectivity index (χ2v) is 7.54. The van der Waals surface area contributed by atoms with Crippen molar-refractivity contribution < 1.29 is 4.79 Å². The number of nitrogens with zero attached hydrogens (tertiary/aromatic N) is 2. The third kappa shape index (κ3) is 3.61. The van der Waals surface area contributed by atoms with E-state index in [1.54, 1.807) is 0 Å². The van der Waals surface area contributed by atoms with Crippen molar-refractivity contribution in [2.45, 2.75) is 18.9 Å². The molecule has 0 radical (unpaired) electrons. The third-order valence-electron chi connectivity index (χ3n) is 5.55. The van der Waals surface area contributed by atoms with E-state index in [2.05, 4.69) is 43.6 Å². The number of anilines is 1. The van der Waals surface area contributed by atoms with Gasteiger partial charge in [-0.05, 0) is 42.7 Å². The minimum atomic E-state index is -0.0213. The number of nitrogens with one attached hydrogen (secondary N) is 3. The fourth-order valence-electron chi connectivity index (χ4n) is 4.01. The van der Waals surface area contributed by atoms with Crippen molar-refractivity contribution in [2.24, 2.45) is 0 Å². The van der Waals surface area contributed by atoms with E-state index in [-0.39, 0.29) is 11.9 Å². The normalized spacial score (nSPS) is 16.8. The van der Waals surface area contributed by atoms with Crippen LogP contribution in [-0.4, -0.2) is 40.2 Å². The zero-order chi connectivity index (χ0) is 19.6. The summed E-state index contributed by atoms with van der Waals surface area (Å²) in [5.41, 5.74) is 3.86. The van der Waals surface area contributed by atoms with Gasteiger partial charge in [0, 0.05) is 47.9 Å². The maximum atomic E-state index is 12.7. The lowest BCUT2D eigenvalue weighted by Gasteiger charge is -2.33. The standard InChI is InChI=1S/C23H23N5O/c29-23(18-8-9-20-17(13-18)10-11-24-20)25-19-7-4-12-28(15-19)22-14-21(26-27-22)16-5-2-1-3-6-16/h1-3,5-6,8-11,13-14,19,24H,4,7,12,15H2,(H,25,29)(H,26,27)/t19-/m0/s1. The summed E-state index contributed by atoms with van der Waals surface area (Å²) in [7, 11) is 0. The van der Waals surface area contributed by atoms with Crippen LogP contribution in [0.25, 0.3) is 22.2 Å². The van der Waals surface area contributed by atoms with Crippen LogP contribution in [0.2, 0.25) is 0 Å². The molecule has 2 aromatic heterocycles. The van der Waals surface area contributed by atoms with Gasteiger partial charge in [0.15, 0.2) is 5.82 Å². The van der Waals surface area contributed by atoms with E-state index in [4.69, 9.17) is 0 Å². The zero-order valence-corrected chi connectivity index (χ0v) is 16.1. The molecule has 1 atom stereocenters. The molecule has 1 aliphatic heterocycles. The number of carbonyl (C=O) groups excluding carboxylic acids is 1. The first-order valence-electron chi connectivity index (χ1n) is 10.00. The minimum Gasteiger partial charge on any atom is -0.361 e. The Balaban J connectivity index is 1.27. The molecule has 0 unspecified atom stereocenters. The summed E-state index contributed by atoms with van der Waals surface area (Å²) < 4.78 is 0. The summed E-state index contributed by atoms with van der Waals surface area (Å²) in [6, 6.07) is 20.1. The number of hydrogen-bond donors (Lipinski definition) is 3. The van der Waals surface area contributed by atoms with E-state index in [1.807, 2.05) is 48.7 Å². The fourth-order valence-corrected chi connectivity index (χ4v) is 4.01. The van der Waals surface area contributed by atoms with Crippen molar-refractivity contribution in [3.8, 4) is 11.3 Å². The van der Waals surface area contributed by atoms with Gasteiger partial charge >= 0.3 is 0 Å². The van der Waals surface area contributed by atoms with Crippen LogP contribution in [0.3, 0.4) is 0 Å². The molecule has 29 heavy (non-hydrogen) atoms. The van der Waals surface area contributed by atoms with Crippen molar-refractivity contribution in [1.29, 1.82) is 0 Å². The Morgan fingerprint density at radius 3 is 2.90 bits per heavy atom. The number of hydrogen-bond acceptors (Lipinski definition) is 3. The van der Waals surface area contributed by atoms with Crippen molar-refractivity contribution in [1.82, 2.24) is 20.5 Å². The molecule has 0 aliphatic carbocycles. The molecular formula is C23H23N5O. The molecule has 1 amide bonds. The van der Waals surface area contributed by atoms with Gasteiger partial charge in [0.05, 0.1) is 5.69 Å². The number of H-pyrrole nitrogens is 2. The van der Waals surface area contributed by atoms with Gasteiger partial charge in [-0.25, -0.2) is 0 Å². The molecule has 1 saturated heterocycles. The van der Waals surface area contributed by atoms with Gasteiger partial charge < -0.3 is 15.2 Å². The Morgan fingerprint density at radius 1 is 1.10 bits per heavy atom. The van der Waals surface area contributed by atoms with Crippen LogP contribution in [0.5, 0.6) is 0 Å². The van der Waals surface area contributed by atoms with E-state index >= 15 is 0 Å². The molecule has 6 heteroatoms. The highest BCUT2D eigenvalue weighted by molar-refractivity contribution is 5.98. The molecule has 0 bridgehead atoms. The molecule has 6 nitrogen and oxygen atoms in total. The molecule has 2 aromatic carbocycles. The molecule has 3 heterocycles. The van der Waals surface area contributed by atoms with Gasteiger partial charge in [-0.15, -0.1) is 0 Å². The van der Waals surface area contributed by atoms with E-state index in [0.29, 0.717) is 5.56 Å². The number of carbonyl (C=O) groups is 1. The van der Waals surface area contributed by atoms with E-state index in [1.165, 1.54) is 0 Å². The smallest absolute Gasteiger partial charge is 0.251 e. The van der Waals surface area contributed by atoms with E-state index < -0.39 is 0 Å². The fraction of sp³-hybridized carbons (Fsp3) is 0.217. The number of fused-ring (bicyclic) bond motifs is 1. The lowest BCUT2D eigenvalue weighted by atomic mass is 10.0. The van der Waals surface area contributed by atoms with Crippen LogP contribution in [0, 0.1) is 0 Å².